The molecule has 0 atom stereocenters. The van der Waals surface area contributed by atoms with E-state index in [0.29, 0.717) is 0 Å². The second-order valence-electron chi connectivity index (χ2n) is 19.9. The van der Waals surface area contributed by atoms with Crippen molar-refractivity contribution in [2.75, 3.05) is 4.90 Å². The molecule has 0 bridgehead atoms. The van der Waals surface area contributed by atoms with E-state index < -0.39 is 5.41 Å². The lowest BCUT2D eigenvalue weighted by molar-refractivity contribution is 0.660. The molecule has 0 radical (unpaired) electrons. The number of benzene rings is 10. The Kier molecular flexibility index (Phi) is 7.51. The number of anilines is 3. The molecule has 1 spiro atoms. The molecule has 4 aliphatic rings. The van der Waals surface area contributed by atoms with Crippen molar-refractivity contribution in [2.24, 2.45) is 0 Å². The van der Waals surface area contributed by atoms with E-state index in [1.165, 1.54) is 117 Å². The molecule has 14 rings (SSSR count). The summed E-state index contributed by atoms with van der Waals surface area (Å²) in [7, 11) is 0. The molecule has 312 valence electrons. The van der Waals surface area contributed by atoms with Crippen LogP contribution in [0.4, 0.5) is 17.1 Å². The van der Waals surface area contributed by atoms with E-state index in [2.05, 4.69) is 245 Å². The van der Waals surface area contributed by atoms with Gasteiger partial charge in [0, 0.05) is 27.6 Å². The van der Waals surface area contributed by atoms with Gasteiger partial charge in [-0.1, -0.05) is 210 Å². The van der Waals surface area contributed by atoms with Crippen LogP contribution in [-0.4, -0.2) is 0 Å². The molecule has 0 fully saturated rings. The highest BCUT2D eigenvalue weighted by atomic mass is 15.1. The summed E-state index contributed by atoms with van der Waals surface area (Å²) < 4.78 is 0. The van der Waals surface area contributed by atoms with Gasteiger partial charge < -0.3 is 4.90 Å². The summed E-state index contributed by atoms with van der Waals surface area (Å²) in [6.45, 7) is 9.63. The lowest BCUT2D eigenvalue weighted by Crippen LogP contribution is -2.26. The van der Waals surface area contributed by atoms with Crippen molar-refractivity contribution >= 4 is 27.8 Å². The van der Waals surface area contributed by atoms with Crippen molar-refractivity contribution in [1.82, 2.24) is 0 Å². The third kappa shape index (κ3) is 4.70. The predicted octanol–water partition coefficient (Wildman–Crippen LogP) is 16.9. The Labute approximate surface area is 387 Å². The zero-order valence-electron chi connectivity index (χ0n) is 37.7. The van der Waals surface area contributed by atoms with Crippen molar-refractivity contribution in [3.05, 3.63) is 257 Å². The summed E-state index contributed by atoms with van der Waals surface area (Å²) in [6.07, 6.45) is 0. The quantitative estimate of drug-likeness (QED) is 0.171. The normalized spacial score (nSPS) is 15.3. The van der Waals surface area contributed by atoms with Crippen LogP contribution in [0.15, 0.2) is 212 Å². The first-order valence-corrected chi connectivity index (χ1v) is 23.5. The summed E-state index contributed by atoms with van der Waals surface area (Å²) in [4.78, 5) is 2.60. The van der Waals surface area contributed by atoms with Crippen molar-refractivity contribution in [1.29, 1.82) is 0 Å². The van der Waals surface area contributed by atoms with E-state index in [1.807, 2.05) is 0 Å². The minimum absolute atomic E-state index is 0.165. The van der Waals surface area contributed by atoms with Crippen LogP contribution in [0.3, 0.4) is 0 Å². The van der Waals surface area contributed by atoms with Crippen LogP contribution in [0.2, 0.25) is 0 Å². The Hall–Kier alpha value is -7.74. The molecule has 0 aliphatic heterocycles. The lowest BCUT2D eigenvalue weighted by Gasteiger charge is -2.33. The van der Waals surface area contributed by atoms with Gasteiger partial charge in [0.25, 0.3) is 0 Å². The molecule has 4 aliphatic carbocycles. The van der Waals surface area contributed by atoms with Gasteiger partial charge in [0.2, 0.25) is 0 Å². The van der Waals surface area contributed by atoms with E-state index in [1.54, 1.807) is 0 Å². The molecule has 0 heterocycles. The Balaban J connectivity index is 1.09. The lowest BCUT2D eigenvalue weighted by atomic mass is 9.70. The van der Waals surface area contributed by atoms with Gasteiger partial charge in [-0.2, -0.15) is 0 Å². The van der Waals surface area contributed by atoms with Gasteiger partial charge in [0.1, 0.15) is 0 Å². The highest BCUT2D eigenvalue weighted by Crippen LogP contribution is 2.64. The van der Waals surface area contributed by atoms with E-state index in [0.717, 1.165) is 11.4 Å². The highest BCUT2D eigenvalue weighted by molar-refractivity contribution is 6.09. The fourth-order valence-corrected chi connectivity index (χ4v) is 13.2. The SMILES string of the molecule is CC1(C)c2ccccc2-c2ccc(N(c3ccc4c(c3)C3(c5ccccc5-c5ccccc53)c3ccccc3-4)c3cc4c(c5ccccc35)C(C)(C)c3cccc(-c5ccccc5)c3-4)cc21. The number of hydrogen-bond donors (Lipinski definition) is 0. The van der Waals surface area contributed by atoms with Crippen LogP contribution in [0.5, 0.6) is 0 Å². The molecular formula is C65H47N. The molecule has 66 heavy (non-hydrogen) atoms. The first-order valence-electron chi connectivity index (χ1n) is 23.5. The van der Waals surface area contributed by atoms with Gasteiger partial charge in [-0.25, -0.2) is 0 Å². The van der Waals surface area contributed by atoms with Crippen LogP contribution in [0.1, 0.15) is 72.2 Å². The zero-order chi connectivity index (χ0) is 44.1. The van der Waals surface area contributed by atoms with Gasteiger partial charge in [0.15, 0.2) is 0 Å². The molecule has 1 heteroatoms. The first kappa shape index (κ1) is 37.6. The van der Waals surface area contributed by atoms with Crippen LogP contribution in [0, 0.1) is 0 Å². The molecular weight excluding hydrogens is 795 g/mol. The molecule has 10 aromatic rings. The van der Waals surface area contributed by atoms with Crippen molar-refractivity contribution in [2.45, 2.75) is 43.9 Å². The zero-order valence-corrected chi connectivity index (χ0v) is 37.7. The minimum Gasteiger partial charge on any atom is -0.310 e. The molecule has 10 aromatic carbocycles. The van der Waals surface area contributed by atoms with E-state index in [-0.39, 0.29) is 10.8 Å². The maximum Gasteiger partial charge on any atom is 0.0726 e. The molecule has 0 saturated heterocycles. The molecule has 0 unspecified atom stereocenters. The summed E-state index contributed by atoms with van der Waals surface area (Å²) >= 11 is 0. The summed E-state index contributed by atoms with van der Waals surface area (Å²) in [6, 6.07) is 80.7. The Morgan fingerprint density at radius 3 is 1.38 bits per heavy atom. The fourth-order valence-electron chi connectivity index (χ4n) is 13.2. The maximum absolute atomic E-state index is 2.60. The third-order valence-corrected chi connectivity index (χ3v) is 16.0. The molecule has 0 saturated carbocycles. The fraction of sp³-hybridized carbons (Fsp3) is 0.108. The second-order valence-corrected chi connectivity index (χ2v) is 19.9. The van der Waals surface area contributed by atoms with Gasteiger partial charge in [-0.15, -0.1) is 0 Å². The highest BCUT2D eigenvalue weighted by Gasteiger charge is 2.52. The van der Waals surface area contributed by atoms with Crippen LogP contribution in [-0.2, 0) is 16.2 Å². The monoisotopic (exact) mass is 841 g/mol. The third-order valence-electron chi connectivity index (χ3n) is 16.0. The van der Waals surface area contributed by atoms with Gasteiger partial charge in [-0.3, -0.25) is 0 Å². The van der Waals surface area contributed by atoms with E-state index >= 15 is 0 Å². The topological polar surface area (TPSA) is 3.24 Å². The molecule has 0 N–H and O–H groups in total. The van der Waals surface area contributed by atoms with Crippen molar-refractivity contribution in [3.8, 4) is 55.6 Å². The van der Waals surface area contributed by atoms with Crippen LogP contribution >= 0.6 is 0 Å². The van der Waals surface area contributed by atoms with E-state index in [9.17, 15) is 0 Å². The number of nitrogens with zero attached hydrogens (tertiary/aromatic N) is 1. The first-order chi connectivity index (χ1) is 32.3. The number of rotatable bonds is 4. The average molecular weight is 842 g/mol. The van der Waals surface area contributed by atoms with Crippen molar-refractivity contribution in [3.63, 3.8) is 0 Å². The Bertz CT molecular complexity index is 3650. The number of hydrogen-bond acceptors (Lipinski definition) is 1. The Morgan fingerprint density at radius 2 is 0.758 bits per heavy atom. The number of fused-ring (bicyclic) bond motifs is 18. The standard InChI is InChI=1S/C65H47N/c1-63(2)53-28-14-10-21-44(53)48-35-33-41(37-58(48)63)66(60-39-52-61-43(40-19-6-5-7-20-40)27-18-32-57(61)64(3,4)62(52)51-26-9-8-25-50(51)60)42-34-36-49-47-24-13-17-31-56(47)65(59(49)38-42)54-29-15-11-22-45(54)46-23-12-16-30-55(46)65/h5-39H,1-4H3. The summed E-state index contributed by atoms with van der Waals surface area (Å²) in [5, 5.41) is 2.55. The van der Waals surface area contributed by atoms with Gasteiger partial charge in [-0.05, 0) is 136 Å². The Morgan fingerprint density at radius 1 is 0.303 bits per heavy atom. The minimum atomic E-state index is -0.462. The molecule has 0 aromatic heterocycles. The van der Waals surface area contributed by atoms with Crippen molar-refractivity contribution < 1.29 is 0 Å². The average Bonchev–Trinajstić information content (AvgIpc) is 3.99. The second kappa shape index (κ2) is 13.2. The van der Waals surface area contributed by atoms with Crippen LogP contribution < -0.4 is 4.90 Å². The summed E-state index contributed by atoms with van der Waals surface area (Å²) in [5.74, 6) is 0. The molecule has 0 amide bonds. The smallest absolute Gasteiger partial charge is 0.0726 e. The largest absolute Gasteiger partial charge is 0.310 e. The van der Waals surface area contributed by atoms with E-state index in [4.69, 9.17) is 0 Å². The van der Waals surface area contributed by atoms with Crippen LogP contribution in [0.25, 0.3) is 66.4 Å². The van der Waals surface area contributed by atoms with Gasteiger partial charge >= 0.3 is 0 Å². The molecule has 1 nitrogen and oxygen atoms in total. The summed E-state index contributed by atoms with van der Waals surface area (Å²) in [5.41, 5.74) is 26.6. The van der Waals surface area contributed by atoms with Gasteiger partial charge in [0.05, 0.1) is 11.1 Å². The predicted molar refractivity (Wildman–Crippen MR) is 275 cm³/mol. The maximum atomic E-state index is 2.60.